The summed E-state index contributed by atoms with van der Waals surface area (Å²) < 4.78 is 11.6. The Morgan fingerprint density at radius 1 is 1.15 bits per heavy atom. The van der Waals surface area contributed by atoms with E-state index in [-0.39, 0.29) is 6.10 Å². The van der Waals surface area contributed by atoms with Gasteiger partial charge in [0.2, 0.25) is 0 Å². The minimum Gasteiger partial charge on any atom is -0.493 e. The summed E-state index contributed by atoms with van der Waals surface area (Å²) in [7, 11) is 0. The van der Waals surface area contributed by atoms with Crippen molar-refractivity contribution in [2.45, 2.75) is 53.7 Å². The fraction of sp³-hybridized carbons (Fsp3) is 0.647. The van der Waals surface area contributed by atoms with Gasteiger partial charge in [-0.2, -0.15) is 0 Å². The zero-order valence-electron chi connectivity index (χ0n) is 13.5. The zero-order chi connectivity index (χ0) is 15.0. The Hall–Kier alpha value is -1.22. The molecule has 0 radical (unpaired) electrons. The van der Waals surface area contributed by atoms with Crippen LogP contribution in [0.1, 0.15) is 46.6 Å². The number of hydrogen-bond acceptors (Lipinski definition) is 3. The van der Waals surface area contributed by atoms with E-state index in [9.17, 15) is 0 Å². The van der Waals surface area contributed by atoms with E-state index in [4.69, 9.17) is 9.47 Å². The van der Waals surface area contributed by atoms with E-state index in [0.29, 0.717) is 5.92 Å². The predicted molar refractivity (Wildman–Crippen MR) is 84.5 cm³/mol. The largest absolute Gasteiger partial charge is 0.493 e. The van der Waals surface area contributed by atoms with Crippen LogP contribution in [0.5, 0.6) is 11.5 Å². The average Bonchev–Trinajstić information content (AvgIpc) is 2.37. The molecule has 20 heavy (non-hydrogen) atoms. The first kappa shape index (κ1) is 16.8. The fourth-order valence-corrected chi connectivity index (χ4v) is 1.85. The Bertz CT molecular complexity index is 389. The molecule has 0 aliphatic rings. The van der Waals surface area contributed by atoms with Crippen LogP contribution in [0.15, 0.2) is 18.2 Å². The maximum absolute atomic E-state index is 5.90. The van der Waals surface area contributed by atoms with E-state index < -0.39 is 0 Å². The molecule has 0 saturated carbocycles. The second kappa shape index (κ2) is 8.85. The number of nitrogens with one attached hydrogen (secondary N) is 1. The first-order chi connectivity index (χ1) is 9.52. The van der Waals surface area contributed by atoms with Crippen LogP contribution in [0.25, 0.3) is 0 Å². The minimum absolute atomic E-state index is 0.167. The normalized spacial score (nSPS) is 11.2. The Labute approximate surface area is 123 Å². The van der Waals surface area contributed by atoms with Gasteiger partial charge in [-0.05, 0) is 38.8 Å². The molecule has 1 aromatic rings. The molecule has 1 rings (SSSR count). The maximum Gasteiger partial charge on any atom is 0.127 e. The smallest absolute Gasteiger partial charge is 0.127 e. The quantitative estimate of drug-likeness (QED) is 0.741. The van der Waals surface area contributed by atoms with Gasteiger partial charge in [-0.3, -0.25) is 0 Å². The first-order valence-electron chi connectivity index (χ1n) is 7.66. The van der Waals surface area contributed by atoms with Crippen molar-refractivity contribution in [1.82, 2.24) is 5.32 Å². The van der Waals surface area contributed by atoms with Gasteiger partial charge >= 0.3 is 0 Å². The summed E-state index contributed by atoms with van der Waals surface area (Å²) in [6, 6.07) is 6.12. The van der Waals surface area contributed by atoms with Crippen LogP contribution < -0.4 is 14.8 Å². The van der Waals surface area contributed by atoms with E-state index >= 15 is 0 Å². The van der Waals surface area contributed by atoms with E-state index in [1.54, 1.807) is 0 Å². The van der Waals surface area contributed by atoms with Crippen molar-refractivity contribution in [2.75, 3.05) is 13.2 Å². The number of benzene rings is 1. The third kappa shape index (κ3) is 6.29. The summed E-state index contributed by atoms with van der Waals surface area (Å²) in [5.74, 6) is 2.46. The van der Waals surface area contributed by atoms with Crippen LogP contribution in [-0.4, -0.2) is 19.3 Å². The lowest BCUT2D eigenvalue weighted by atomic mass is 10.1. The minimum atomic E-state index is 0.167. The molecule has 1 N–H and O–H groups in total. The van der Waals surface area contributed by atoms with E-state index in [0.717, 1.165) is 37.6 Å². The zero-order valence-corrected chi connectivity index (χ0v) is 13.5. The van der Waals surface area contributed by atoms with Crippen molar-refractivity contribution < 1.29 is 9.47 Å². The molecule has 114 valence electrons. The number of rotatable bonds is 9. The molecule has 3 heteroatoms. The van der Waals surface area contributed by atoms with Crippen LogP contribution in [0.4, 0.5) is 0 Å². The van der Waals surface area contributed by atoms with Crippen molar-refractivity contribution in [1.29, 1.82) is 0 Å². The third-order valence-corrected chi connectivity index (χ3v) is 2.74. The Morgan fingerprint density at radius 2 is 1.90 bits per heavy atom. The van der Waals surface area contributed by atoms with Gasteiger partial charge in [0.05, 0.1) is 12.7 Å². The van der Waals surface area contributed by atoms with Crippen LogP contribution in [-0.2, 0) is 6.54 Å². The van der Waals surface area contributed by atoms with E-state index in [1.165, 1.54) is 5.56 Å². The molecule has 3 nitrogen and oxygen atoms in total. The SMILES string of the molecule is CCCOc1ccc(CNCC(C)C)c(OC(C)C)c1. The van der Waals surface area contributed by atoms with Crippen LogP contribution in [0.3, 0.4) is 0 Å². The summed E-state index contributed by atoms with van der Waals surface area (Å²) in [5, 5.41) is 3.46. The van der Waals surface area contributed by atoms with Gasteiger partial charge in [-0.1, -0.05) is 26.8 Å². The molecule has 0 atom stereocenters. The van der Waals surface area contributed by atoms with Crippen LogP contribution >= 0.6 is 0 Å². The second-order valence-electron chi connectivity index (χ2n) is 5.81. The van der Waals surface area contributed by atoms with Gasteiger partial charge in [0.25, 0.3) is 0 Å². The number of ether oxygens (including phenoxy) is 2. The monoisotopic (exact) mass is 279 g/mol. The van der Waals surface area contributed by atoms with Gasteiger partial charge in [0, 0.05) is 18.2 Å². The summed E-state index contributed by atoms with van der Waals surface area (Å²) in [4.78, 5) is 0. The Kier molecular flexibility index (Phi) is 7.45. The second-order valence-corrected chi connectivity index (χ2v) is 5.81. The van der Waals surface area contributed by atoms with Gasteiger partial charge in [-0.15, -0.1) is 0 Å². The Morgan fingerprint density at radius 3 is 2.50 bits per heavy atom. The molecule has 0 bridgehead atoms. The van der Waals surface area contributed by atoms with E-state index in [1.807, 2.05) is 26.0 Å². The molecule has 0 spiro atoms. The van der Waals surface area contributed by atoms with Gasteiger partial charge in [-0.25, -0.2) is 0 Å². The highest BCUT2D eigenvalue weighted by Gasteiger charge is 2.08. The molecule has 0 aliphatic heterocycles. The molecule has 0 aromatic heterocycles. The van der Waals surface area contributed by atoms with Crippen LogP contribution in [0, 0.1) is 5.92 Å². The molecule has 0 heterocycles. The molecule has 0 saturated heterocycles. The van der Waals surface area contributed by atoms with Gasteiger partial charge in [0.15, 0.2) is 0 Å². The van der Waals surface area contributed by atoms with Crippen molar-refractivity contribution in [3.63, 3.8) is 0 Å². The number of hydrogen-bond donors (Lipinski definition) is 1. The summed E-state index contributed by atoms with van der Waals surface area (Å²) in [6.07, 6.45) is 1.18. The Balaban J connectivity index is 2.74. The lowest BCUT2D eigenvalue weighted by Gasteiger charge is -2.17. The maximum atomic E-state index is 5.90. The predicted octanol–water partition coefficient (Wildman–Crippen LogP) is 4.01. The fourth-order valence-electron chi connectivity index (χ4n) is 1.85. The highest BCUT2D eigenvalue weighted by atomic mass is 16.5. The highest BCUT2D eigenvalue weighted by molar-refractivity contribution is 5.41. The van der Waals surface area contributed by atoms with Crippen LogP contribution in [0.2, 0.25) is 0 Å². The standard InChI is InChI=1S/C17H29NO2/c1-6-9-19-16-8-7-15(12-18-11-13(2)3)17(10-16)20-14(4)5/h7-8,10,13-14,18H,6,9,11-12H2,1-5H3. The van der Waals surface area contributed by atoms with E-state index in [2.05, 4.69) is 32.2 Å². The molecular weight excluding hydrogens is 250 g/mol. The van der Waals surface area contributed by atoms with Crippen molar-refractivity contribution in [2.24, 2.45) is 5.92 Å². The van der Waals surface area contributed by atoms with Gasteiger partial charge in [0.1, 0.15) is 11.5 Å². The molecular formula is C17H29NO2. The molecule has 0 amide bonds. The van der Waals surface area contributed by atoms with Crippen molar-refractivity contribution in [3.8, 4) is 11.5 Å². The summed E-state index contributed by atoms with van der Waals surface area (Å²) >= 11 is 0. The van der Waals surface area contributed by atoms with Crippen molar-refractivity contribution >= 4 is 0 Å². The first-order valence-corrected chi connectivity index (χ1v) is 7.66. The molecule has 0 fully saturated rings. The average molecular weight is 279 g/mol. The van der Waals surface area contributed by atoms with Crippen molar-refractivity contribution in [3.05, 3.63) is 23.8 Å². The van der Waals surface area contributed by atoms with Gasteiger partial charge < -0.3 is 14.8 Å². The summed E-state index contributed by atoms with van der Waals surface area (Å²) in [6.45, 7) is 13.2. The highest BCUT2D eigenvalue weighted by Crippen LogP contribution is 2.26. The topological polar surface area (TPSA) is 30.5 Å². The third-order valence-electron chi connectivity index (χ3n) is 2.74. The lowest BCUT2D eigenvalue weighted by Crippen LogP contribution is -2.20. The lowest BCUT2D eigenvalue weighted by molar-refractivity contribution is 0.237. The molecule has 0 unspecified atom stereocenters. The molecule has 0 aliphatic carbocycles. The molecule has 1 aromatic carbocycles. The summed E-state index contributed by atoms with van der Waals surface area (Å²) in [5.41, 5.74) is 1.18.